The molecule has 0 heterocycles. The highest BCUT2D eigenvalue weighted by Crippen LogP contribution is 2.34. The standard InChI is InChI=1S/C16H25N/c1-3-11-17-16(15-8-9-15)10-7-14-6-4-5-13(2)12-14/h4-6,12,15-17H,3,7-11H2,1-2H3. The molecule has 0 aliphatic heterocycles. The van der Waals surface area contributed by atoms with Gasteiger partial charge in [0.15, 0.2) is 0 Å². The van der Waals surface area contributed by atoms with E-state index in [1.165, 1.54) is 49.8 Å². The maximum absolute atomic E-state index is 3.72. The summed E-state index contributed by atoms with van der Waals surface area (Å²) in [4.78, 5) is 0. The van der Waals surface area contributed by atoms with E-state index < -0.39 is 0 Å². The van der Waals surface area contributed by atoms with Crippen molar-refractivity contribution in [1.29, 1.82) is 0 Å². The molecule has 1 aliphatic rings. The molecule has 1 unspecified atom stereocenters. The fourth-order valence-electron chi connectivity index (χ4n) is 2.52. The van der Waals surface area contributed by atoms with Crippen molar-refractivity contribution in [3.63, 3.8) is 0 Å². The molecule has 1 aromatic carbocycles. The third kappa shape index (κ3) is 4.16. The lowest BCUT2D eigenvalue weighted by Crippen LogP contribution is -2.32. The van der Waals surface area contributed by atoms with Crippen LogP contribution in [0.25, 0.3) is 0 Å². The molecule has 0 aromatic heterocycles. The molecule has 0 bridgehead atoms. The van der Waals surface area contributed by atoms with Gasteiger partial charge >= 0.3 is 0 Å². The van der Waals surface area contributed by atoms with E-state index in [9.17, 15) is 0 Å². The van der Waals surface area contributed by atoms with Crippen LogP contribution >= 0.6 is 0 Å². The summed E-state index contributed by atoms with van der Waals surface area (Å²) in [5.74, 6) is 0.964. The SMILES string of the molecule is CCCNC(CCc1cccc(C)c1)C1CC1. The van der Waals surface area contributed by atoms with E-state index in [0.29, 0.717) is 0 Å². The highest BCUT2D eigenvalue weighted by Gasteiger charge is 2.30. The molecule has 1 aliphatic carbocycles. The fraction of sp³-hybridized carbons (Fsp3) is 0.625. The number of hydrogen-bond acceptors (Lipinski definition) is 1. The molecule has 0 spiro atoms. The summed E-state index contributed by atoms with van der Waals surface area (Å²) < 4.78 is 0. The van der Waals surface area contributed by atoms with Gasteiger partial charge in [-0.25, -0.2) is 0 Å². The predicted molar refractivity (Wildman–Crippen MR) is 74.3 cm³/mol. The van der Waals surface area contributed by atoms with E-state index in [0.717, 1.165) is 12.0 Å². The lowest BCUT2D eigenvalue weighted by Gasteiger charge is -2.18. The first-order valence-corrected chi connectivity index (χ1v) is 7.08. The largest absolute Gasteiger partial charge is 0.314 e. The molecule has 94 valence electrons. The second-order valence-electron chi connectivity index (χ2n) is 5.43. The van der Waals surface area contributed by atoms with E-state index in [1.807, 2.05) is 0 Å². The van der Waals surface area contributed by atoms with Crippen molar-refractivity contribution < 1.29 is 0 Å². The van der Waals surface area contributed by atoms with E-state index in [2.05, 4.69) is 43.4 Å². The number of aryl methyl sites for hydroxylation is 2. The Morgan fingerprint density at radius 2 is 2.18 bits per heavy atom. The van der Waals surface area contributed by atoms with E-state index in [4.69, 9.17) is 0 Å². The van der Waals surface area contributed by atoms with Crippen molar-refractivity contribution in [3.05, 3.63) is 35.4 Å². The molecule has 0 saturated heterocycles. The van der Waals surface area contributed by atoms with Crippen molar-refractivity contribution in [1.82, 2.24) is 5.32 Å². The summed E-state index contributed by atoms with van der Waals surface area (Å²) in [5.41, 5.74) is 2.88. The molecular formula is C16H25N. The van der Waals surface area contributed by atoms with Crippen LogP contribution in [0.15, 0.2) is 24.3 Å². The summed E-state index contributed by atoms with van der Waals surface area (Å²) in [6.45, 7) is 5.60. The van der Waals surface area contributed by atoms with Crippen LogP contribution in [0.4, 0.5) is 0 Å². The lowest BCUT2D eigenvalue weighted by molar-refractivity contribution is 0.436. The Morgan fingerprint density at radius 1 is 1.35 bits per heavy atom. The molecule has 1 aromatic rings. The maximum atomic E-state index is 3.72. The van der Waals surface area contributed by atoms with Gasteiger partial charge in [0.25, 0.3) is 0 Å². The molecule has 0 radical (unpaired) electrons. The first kappa shape index (κ1) is 12.6. The fourth-order valence-corrected chi connectivity index (χ4v) is 2.52. The Balaban J connectivity index is 1.82. The second-order valence-corrected chi connectivity index (χ2v) is 5.43. The third-order valence-electron chi connectivity index (χ3n) is 3.67. The average molecular weight is 231 g/mol. The number of nitrogens with one attached hydrogen (secondary N) is 1. The van der Waals surface area contributed by atoms with Gasteiger partial charge in [-0.3, -0.25) is 0 Å². The second kappa shape index (κ2) is 6.20. The molecule has 1 atom stereocenters. The quantitative estimate of drug-likeness (QED) is 0.754. The lowest BCUT2D eigenvalue weighted by atomic mass is 10.0. The number of hydrogen-bond donors (Lipinski definition) is 1. The van der Waals surface area contributed by atoms with Crippen molar-refractivity contribution in [2.24, 2.45) is 5.92 Å². The predicted octanol–water partition coefficient (Wildman–Crippen LogP) is 3.71. The average Bonchev–Trinajstić information content (AvgIpc) is 3.13. The smallest absolute Gasteiger partial charge is 0.00984 e. The van der Waals surface area contributed by atoms with Crippen LogP contribution in [0.5, 0.6) is 0 Å². The van der Waals surface area contributed by atoms with Crippen molar-refractivity contribution in [3.8, 4) is 0 Å². The monoisotopic (exact) mass is 231 g/mol. The van der Waals surface area contributed by atoms with Crippen LogP contribution in [-0.4, -0.2) is 12.6 Å². The van der Waals surface area contributed by atoms with E-state index in [1.54, 1.807) is 0 Å². The zero-order chi connectivity index (χ0) is 12.1. The van der Waals surface area contributed by atoms with Gasteiger partial charge in [-0.1, -0.05) is 36.8 Å². The van der Waals surface area contributed by atoms with Crippen LogP contribution in [0.1, 0.15) is 43.7 Å². The minimum atomic E-state index is 0.760. The van der Waals surface area contributed by atoms with Crippen molar-refractivity contribution in [2.45, 2.75) is 52.0 Å². The maximum Gasteiger partial charge on any atom is 0.00984 e. The van der Waals surface area contributed by atoms with Crippen LogP contribution in [0.3, 0.4) is 0 Å². The molecule has 1 N–H and O–H groups in total. The van der Waals surface area contributed by atoms with Gasteiger partial charge in [-0.05, 0) is 57.1 Å². The van der Waals surface area contributed by atoms with Gasteiger partial charge in [-0.2, -0.15) is 0 Å². The normalized spacial score (nSPS) is 17.1. The summed E-state index contributed by atoms with van der Waals surface area (Å²) in [7, 11) is 0. The molecule has 1 nitrogen and oxygen atoms in total. The van der Waals surface area contributed by atoms with Gasteiger partial charge < -0.3 is 5.32 Å². The molecule has 1 fully saturated rings. The zero-order valence-electron chi connectivity index (χ0n) is 11.2. The van der Waals surface area contributed by atoms with E-state index >= 15 is 0 Å². The van der Waals surface area contributed by atoms with Gasteiger partial charge in [0.1, 0.15) is 0 Å². The Morgan fingerprint density at radius 3 is 2.82 bits per heavy atom. The molecule has 1 saturated carbocycles. The first-order valence-electron chi connectivity index (χ1n) is 7.08. The van der Waals surface area contributed by atoms with Gasteiger partial charge in [0.05, 0.1) is 0 Å². The zero-order valence-corrected chi connectivity index (χ0v) is 11.2. The van der Waals surface area contributed by atoms with Crippen LogP contribution in [0.2, 0.25) is 0 Å². The van der Waals surface area contributed by atoms with Crippen LogP contribution < -0.4 is 5.32 Å². The molecule has 0 amide bonds. The highest BCUT2D eigenvalue weighted by molar-refractivity contribution is 5.22. The Labute approximate surface area is 106 Å². The molecular weight excluding hydrogens is 206 g/mol. The highest BCUT2D eigenvalue weighted by atomic mass is 14.9. The Hall–Kier alpha value is -0.820. The molecule has 1 heteroatoms. The first-order chi connectivity index (χ1) is 8.29. The minimum absolute atomic E-state index is 0.760. The molecule has 2 rings (SSSR count). The minimum Gasteiger partial charge on any atom is -0.314 e. The van der Waals surface area contributed by atoms with Gasteiger partial charge in [0, 0.05) is 6.04 Å². The topological polar surface area (TPSA) is 12.0 Å². The van der Waals surface area contributed by atoms with Crippen molar-refractivity contribution >= 4 is 0 Å². The van der Waals surface area contributed by atoms with Gasteiger partial charge in [-0.15, -0.1) is 0 Å². The summed E-state index contributed by atoms with van der Waals surface area (Å²) in [5, 5.41) is 3.72. The Kier molecular flexibility index (Phi) is 4.61. The summed E-state index contributed by atoms with van der Waals surface area (Å²) in [6.07, 6.45) is 6.64. The van der Waals surface area contributed by atoms with E-state index in [-0.39, 0.29) is 0 Å². The van der Waals surface area contributed by atoms with Crippen molar-refractivity contribution in [2.75, 3.05) is 6.54 Å². The third-order valence-corrected chi connectivity index (χ3v) is 3.67. The summed E-state index contributed by atoms with van der Waals surface area (Å²) >= 11 is 0. The van der Waals surface area contributed by atoms with Crippen LogP contribution in [0, 0.1) is 12.8 Å². The Bertz CT molecular complexity index is 341. The summed E-state index contributed by atoms with van der Waals surface area (Å²) in [6, 6.07) is 9.70. The number of rotatable bonds is 7. The van der Waals surface area contributed by atoms with Gasteiger partial charge in [0.2, 0.25) is 0 Å². The number of benzene rings is 1. The molecule has 17 heavy (non-hydrogen) atoms. The van der Waals surface area contributed by atoms with Crippen LogP contribution in [-0.2, 0) is 6.42 Å².